The molecule has 3 rings (SSSR count). The molecule has 0 saturated heterocycles. The molecule has 0 fully saturated rings. The highest BCUT2D eigenvalue weighted by Gasteiger charge is 2.34. The lowest BCUT2D eigenvalue weighted by molar-refractivity contribution is 0.0839. The van der Waals surface area contributed by atoms with E-state index in [-0.39, 0.29) is 12.2 Å². The first-order valence-electron chi connectivity index (χ1n) is 8.21. The summed E-state index contributed by atoms with van der Waals surface area (Å²) in [5.74, 6) is 2.78. The Bertz CT molecular complexity index is 843. The van der Waals surface area contributed by atoms with Crippen molar-refractivity contribution in [2.75, 3.05) is 28.4 Å². The summed E-state index contributed by atoms with van der Waals surface area (Å²) < 4.78 is 27.7. The van der Waals surface area contributed by atoms with Crippen molar-refractivity contribution in [3.8, 4) is 28.7 Å². The first kappa shape index (κ1) is 17.9. The monoisotopic (exact) mass is 358 g/mol. The Morgan fingerprint density at radius 3 is 2.23 bits per heavy atom. The van der Waals surface area contributed by atoms with E-state index in [0.29, 0.717) is 34.3 Å². The van der Waals surface area contributed by atoms with E-state index in [1.54, 1.807) is 33.5 Å². The second-order valence-electron chi connectivity index (χ2n) is 5.95. The van der Waals surface area contributed by atoms with Gasteiger partial charge in [-0.25, -0.2) is 0 Å². The van der Waals surface area contributed by atoms with Gasteiger partial charge >= 0.3 is 0 Å². The zero-order chi connectivity index (χ0) is 18.8. The van der Waals surface area contributed by atoms with E-state index in [9.17, 15) is 4.79 Å². The van der Waals surface area contributed by atoms with Crippen molar-refractivity contribution >= 4 is 5.78 Å². The van der Waals surface area contributed by atoms with Crippen molar-refractivity contribution in [2.45, 2.75) is 19.4 Å². The molecule has 6 nitrogen and oxygen atoms in total. The van der Waals surface area contributed by atoms with Gasteiger partial charge in [-0.05, 0) is 19.1 Å². The highest BCUT2D eigenvalue weighted by Crippen LogP contribution is 2.46. The number of ketones is 1. The number of Topliss-reactive ketones (excluding diaryl/α,β-unsaturated/α-hetero) is 1. The SMILES string of the molecule is COc1ccc([C@@H]2CC(=O)c3c(OC)cc(OC)c(C)c3O2)c(OC)c1. The number of hydrogen-bond acceptors (Lipinski definition) is 6. The third kappa shape index (κ3) is 2.92. The van der Waals surface area contributed by atoms with Crippen LogP contribution in [0.1, 0.15) is 34.0 Å². The Morgan fingerprint density at radius 2 is 1.62 bits per heavy atom. The van der Waals surface area contributed by atoms with Gasteiger partial charge in [0.2, 0.25) is 0 Å². The van der Waals surface area contributed by atoms with Crippen LogP contribution in [-0.2, 0) is 0 Å². The van der Waals surface area contributed by atoms with Gasteiger partial charge in [0.25, 0.3) is 0 Å². The van der Waals surface area contributed by atoms with Crippen molar-refractivity contribution in [3.05, 3.63) is 41.0 Å². The summed E-state index contributed by atoms with van der Waals surface area (Å²) in [6, 6.07) is 7.16. The molecule has 0 amide bonds. The molecule has 0 aromatic heterocycles. The lowest BCUT2D eigenvalue weighted by Gasteiger charge is -2.29. The number of carbonyl (C=O) groups excluding carboxylic acids is 1. The average molecular weight is 358 g/mol. The predicted molar refractivity (Wildman–Crippen MR) is 96.1 cm³/mol. The zero-order valence-electron chi connectivity index (χ0n) is 15.5. The van der Waals surface area contributed by atoms with Gasteiger partial charge in [-0.3, -0.25) is 4.79 Å². The fourth-order valence-electron chi connectivity index (χ4n) is 3.21. The summed E-state index contributed by atoms with van der Waals surface area (Å²) >= 11 is 0. The molecule has 0 radical (unpaired) electrons. The highest BCUT2D eigenvalue weighted by molar-refractivity contribution is 6.03. The van der Waals surface area contributed by atoms with Crippen LogP contribution in [0, 0.1) is 6.92 Å². The lowest BCUT2D eigenvalue weighted by Crippen LogP contribution is -2.22. The van der Waals surface area contributed by atoms with Crippen LogP contribution in [0.3, 0.4) is 0 Å². The summed E-state index contributed by atoms with van der Waals surface area (Å²) in [5.41, 5.74) is 2.00. The maximum absolute atomic E-state index is 12.9. The fourth-order valence-corrected chi connectivity index (χ4v) is 3.21. The Balaban J connectivity index is 2.09. The Kier molecular flexibility index (Phi) is 4.93. The molecule has 0 N–H and O–H groups in total. The molecule has 0 unspecified atom stereocenters. The molecular weight excluding hydrogens is 336 g/mol. The topological polar surface area (TPSA) is 63.2 Å². The second-order valence-corrected chi connectivity index (χ2v) is 5.95. The minimum atomic E-state index is -0.466. The number of benzene rings is 2. The van der Waals surface area contributed by atoms with Crippen LogP contribution in [0.25, 0.3) is 0 Å². The van der Waals surface area contributed by atoms with E-state index < -0.39 is 6.10 Å². The average Bonchev–Trinajstić information content (AvgIpc) is 2.67. The standard InChI is InChI=1S/C20H22O6/c1-11-15(23-3)10-18(25-5)19-14(21)9-17(26-20(11)19)13-7-6-12(22-2)8-16(13)24-4/h6-8,10,17H,9H2,1-5H3/t17-/m0/s1. The summed E-state index contributed by atoms with van der Waals surface area (Å²) in [5, 5.41) is 0. The maximum Gasteiger partial charge on any atom is 0.174 e. The number of hydrogen-bond donors (Lipinski definition) is 0. The minimum absolute atomic E-state index is 0.0447. The summed E-state index contributed by atoms with van der Waals surface area (Å²) in [4.78, 5) is 12.9. The largest absolute Gasteiger partial charge is 0.497 e. The predicted octanol–water partition coefficient (Wildman–Crippen LogP) is 3.74. The van der Waals surface area contributed by atoms with Crippen LogP contribution in [0.15, 0.2) is 24.3 Å². The summed E-state index contributed by atoms with van der Waals surface area (Å²) in [6.45, 7) is 1.86. The first-order chi connectivity index (χ1) is 12.5. The number of rotatable bonds is 5. The van der Waals surface area contributed by atoms with E-state index in [0.717, 1.165) is 11.1 Å². The zero-order valence-corrected chi connectivity index (χ0v) is 15.5. The van der Waals surface area contributed by atoms with E-state index in [2.05, 4.69) is 0 Å². The van der Waals surface area contributed by atoms with Crippen LogP contribution in [0.4, 0.5) is 0 Å². The van der Waals surface area contributed by atoms with E-state index in [1.165, 1.54) is 7.11 Å². The highest BCUT2D eigenvalue weighted by atomic mass is 16.5. The van der Waals surface area contributed by atoms with E-state index in [1.807, 2.05) is 19.1 Å². The van der Waals surface area contributed by atoms with Crippen LogP contribution < -0.4 is 23.7 Å². The normalized spacial score (nSPS) is 15.7. The van der Waals surface area contributed by atoms with Gasteiger partial charge in [-0.2, -0.15) is 0 Å². The molecule has 2 aromatic carbocycles. The number of ether oxygens (including phenoxy) is 5. The third-order valence-corrected chi connectivity index (χ3v) is 4.58. The van der Waals surface area contributed by atoms with Crippen LogP contribution in [0.5, 0.6) is 28.7 Å². The first-order valence-corrected chi connectivity index (χ1v) is 8.21. The van der Waals surface area contributed by atoms with Gasteiger partial charge in [0.1, 0.15) is 40.4 Å². The van der Waals surface area contributed by atoms with Crippen molar-refractivity contribution in [1.29, 1.82) is 0 Å². The van der Waals surface area contributed by atoms with Gasteiger partial charge in [-0.1, -0.05) is 0 Å². The van der Waals surface area contributed by atoms with Crippen LogP contribution in [-0.4, -0.2) is 34.2 Å². The lowest BCUT2D eigenvalue weighted by atomic mass is 9.93. The molecule has 6 heteroatoms. The van der Waals surface area contributed by atoms with E-state index in [4.69, 9.17) is 23.7 Å². The smallest absolute Gasteiger partial charge is 0.174 e. The minimum Gasteiger partial charge on any atom is -0.497 e. The molecule has 2 aromatic rings. The molecular formula is C20H22O6. The second kappa shape index (κ2) is 7.15. The molecule has 26 heavy (non-hydrogen) atoms. The molecule has 0 aliphatic carbocycles. The fraction of sp³-hybridized carbons (Fsp3) is 0.350. The number of methoxy groups -OCH3 is 4. The van der Waals surface area contributed by atoms with Crippen molar-refractivity contribution in [3.63, 3.8) is 0 Å². The quantitative estimate of drug-likeness (QED) is 0.811. The number of carbonyl (C=O) groups is 1. The van der Waals surface area contributed by atoms with Crippen molar-refractivity contribution in [2.24, 2.45) is 0 Å². The van der Waals surface area contributed by atoms with Gasteiger partial charge in [0.15, 0.2) is 5.78 Å². The molecule has 1 aliphatic heterocycles. The molecule has 1 atom stereocenters. The molecule has 0 bridgehead atoms. The Morgan fingerprint density at radius 1 is 0.923 bits per heavy atom. The van der Waals surface area contributed by atoms with Crippen LogP contribution >= 0.6 is 0 Å². The number of fused-ring (bicyclic) bond motifs is 1. The molecule has 1 heterocycles. The molecule has 1 aliphatic rings. The molecule has 0 saturated carbocycles. The molecule has 0 spiro atoms. The van der Waals surface area contributed by atoms with Crippen molar-refractivity contribution in [1.82, 2.24) is 0 Å². The Labute approximate surface area is 152 Å². The van der Waals surface area contributed by atoms with Gasteiger partial charge < -0.3 is 23.7 Å². The van der Waals surface area contributed by atoms with Crippen LogP contribution in [0.2, 0.25) is 0 Å². The van der Waals surface area contributed by atoms with Gasteiger partial charge in [-0.15, -0.1) is 0 Å². The van der Waals surface area contributed by atoms with E-state index >= 15 is 0 Å². The van der Waals surface area contributed by atoms with Crippen molar-refractivity contribution < 1.29 is 28.5 Å². The summed E-state index contributed by atoms with van der Waals surface area (Å²) in [6.07, 6.45) is -0.274. The third-order valence-electron chi connectivity index (χ3n) is 4.58. The maximum atomic E-state index is 12.9. The molecule has 138 valence electrons. The van der Waals surface area contributed by atoms with Gasteiger partial charge in [0.05, 0.1) is 34.9 Å². The van der Waals surface area contributed by atoms with Gasteiger partial charge in [0, 0.05) is 23.3 Å². The Hall–Kier alpha value is -2.89. The summed E-state index contributed by atoms with van der Waals surface area (Å²) in [7, 11) is 6.26.